The predicted molar refractivity (Wildman–Crippen MR) is 96.5 cm³/mol. The number of amides is 1. The molecule has 1 aromatic carbocycles. The van der Waals surface area contributed by atoms with E-state index in [0.717, 1.165) is 33.7 Å². The van der Waals surface area contributed by atoms with Crippen LogP contribution in [0.25, 0.3) is 6.08 Å². The van der Waals surface area contributed by atoms with Gasteiger partial charge in [-0.25, -0.2) is 4.98 Å². The minimum Gasteiger partial charge on any atom is -0.497 e. The molecule has 0 spiro atoms. The molecular weight excluding hydrogens is 300 g/mol. The van der Waals surface area contributed by atoms with E-state index in [1.54, 1.807) is 7.11 Å². The third kappa shape index (κ3) is 2.80. The van der Waals surface area contributed by atoms with Crippen LogP contribution in [0.2, 0.25) is 0 Å². The van der Waals surface area contributed by atoms with Gasteiger partial charge in [-0.2, -0.15) is 0 Å². The maximum absolute atomic E-state index is 12.6. The lowest BCUT2D eigenvalue weighted by molar-refractivity contribution is -0.112. The van der Waals surface area contributed by atoms with E-state index < -0.39 is 0 Å². The van der Waals surface area contributed by atoms with Crippen LogP contribution in [-0.4, -0.2) is 18.0 Å². The van der Waals surface area contributed by atoms with E-state index in [1.165, 1.54) is 11.1 Å². The summed E-state index contributed by atoms with van der Waals surface area (Å²) in [5.41, 5.74) is 7.24. The van der Waals surface area contributed by atoms with Gasteiger partial charge in [0.25, 0.3) is 5.91 Å². The largest absolute Gasteiger partial charge is 0.497 e. The van der Waals surface area contributed by atoms with Gasteiger partial charge in [-0.05, 0) is 73.7 Å². The summed E-state index contributed by atoms with van der Waals surface area (Å²) in [5, 5.41) is 2.97. The van der Waals surface area contributed by atoms with Crippen molar-refractivity contribution in [3.05, 3.63) is 57.3 Å². The SMILES string of the molecule is COc1ccc2c(c1)CC(C(=O)Nc1nc(C)c(C)c(C)c1C)=C2. The summed E-state index contributed by atoms with van der Waals surface area (Å²) in [6.45, 7) is 8.08. The zero-order valence-electron chi connectivity index (χ0n) is 14.8. The van der Waals surface area contributed by atoms with Crippen LogP contribution in [0.5, 0.6) is 5.75 Å². The number of benzene rings is 1. The van der Waals surface area contributed by atoms with Crippen molar-refractivity contribution in [2.24, 2.45) is 0 Å². The number of aryl methyl sites for hydroxylation is 1. The average Bonchev–Trinajstić information content (AvgIpc) is 3.00. The summed E-state index contributed by atoms with van der Waals surface area (Å²) in [6.07, 6.45) is 2.55. The van der Waals surface area contributed by atoms with E-state index in [9.17, 15) is 4.79 Å². The number of carbonyl (C=O) groups is 1. The molecule has 1 aliphatic carbocycles. The van der Waals surface area contributed by atoms with Gasteiger partial charge in [0.1, 0.15) is 11.6 Å². The fourth-order valence-electron chi connectivity index (χ4n) is 2.97. The number of methoxy groups -OCH3 is 1. The van der Waals surface area contributed by atoms with Gasteiger partial charge in [0.15, 0.2) is 0 Å². The first-order chi connectivity index (χ1) is 11.4. The third-order valence-corrected chi connectivity index (χ3v) is 4.89. The molecule has 1 amide bonds. The molecule has 24 heavy (non-hydrogen) atoms. The van der Waals surface area contributed by atoms with Crippen LogP contribution in [-0.2, 0) is 11.2 Å². The van der Waals surface area contributed by atoms with Crippen molar-refractivity contribution in [2.75, 3.05) is 12.4 Å². The number of ether oxygens (including phenoxy) is 1. The molecule has 124 valence electrons. The maximum Gasteiger partial charge on any atom is 0.253 e. The van der Waals surface area contributed by atoms with Crippen LogP contribution >= 0.6 is 0 Å². The summed E-state index contributed by atoms with van der Waals surface area (Å²) < 4.78 is 5.25. The van der Waals surface area contributed by atoms with Crippen molar-refractivity contribution in [1.29, 1.82) is 0 Å². The van der Waals surface area contributed by atoms with Crippen LogP contribution < -0.4 is 10.1 Å². The molecule has 3 rings (SSSR count). The number of nitrogens with one attached hydrogen (secondary N) is 1. The molecule has 1 heterocycles. The summed E-state index contributed by atoms with van der Waals surface area (Å²) in [4.78, 5) is 17.2. The number of aromatic nitrogens is 1. The third-order valence-electron chi connectivity index (χ3n) is 4.89. The first-order valence-electron chi connectivity index (χ1n) is 8.04. The monoisotopic (exact) mass is 322 g/mol. The van der Waals surface area contributed by atoms with Crippen molar-refractivity contribution >= 4 is 17.8 Å². The second-order valence-corrected chi connectivity index (χ2v) is 6.29. The molecule has 1 N–H and O–H groups in total. The Morgan fingerprint density at radius 2 is 1.88 bits per heavy atom. The minimum atomic E-state index is -0.0941. The van der Waals surface area contributed by atoms with Crippen molar-refractivity contribution in [3.8, 4) is 5.75 Å². The minimum absolute atomic E-state index is 0.0941. The molecule has 4 heteroatoms. The highest BCUT2D eigenvalue weighted by atomic mass is 16.5. The van der Waals surface area contributed by atoms with Crippen molar-refractivity contribution in [1.82, 2.24) is 4.98 Å². The standard InChI is InChI=1S/C20H22N2O2/c1-11-12(2)14(4)21-19(13(11)3)22-20(23)17-8-15-6-7-18(24-5)10-16(15)9-17/h6-8,10H,9H2,1-5H3,(H,21,22,23). The first-order valence-corrected chi connectivity index (χ1v) is 8.04. The van der Waals surface area contributed by atoms with Gasteiger partial charge < -0.3 is 10.1 Å². The molecule has 1 aliphatic rings. The number of rotatable bonds is 3. The van der Waals surface area contributed by atoms with E-state index in [1.807, 2.05) is 38.1 Å². The number of carbonyl (C=O) groups excluding carboxylic acids is 1. The van der Waals surface area contributed by atoms with Gasteiger partial charge in [0.2, 0.25) is 0 Å². The van der Waals surface area contributed by atoms with Crippen molar-refractivity contribution < 1.29 is 9.53 Å². The summed E-state index contributed by atoms with van der Waals surface area (Å²) in [6, 6.07) is 5.88. The highest BCUT2D eigenvalue weighted by Crippen LogP contribution is 2.29. The Morgan fingerprint density at radius 1 is 1.12 bits per heavy atom. The second-order valence-electron chi connectivity index (χ2n) is 6.29. The predicted octanol–water partition coefficient (Wildman–Crippen LogP) is 3.90. The van der Waals surface area contributed by atoms with E-state index in [0.29, 0.717) is 12.2 Å². The molecule has 0 fully saturated rings. The zero-order valence-corrected chi connectivity index (χ0v) is 14.8. The van der Waals surface area contributed by atoms with Gasteiger partial charge in [-0.15, -0.1) is 0 Å². The summed E-state index contributed by atoms with van der Waals surface area (Å²) >= 11 is 0. The highest BCUT2D eigenvalue weighted by molar-refractivity contribution is 6.08. The smallest absolute Gasteiger partial charge is 0.253 e. The van der Waals surface area contributed by atoms with Gasteiger partial charge in [-0.1, -0.05) is 6.07 Å². The Morgan fingerprint density at radius 3 is 2.58 bits per heavy atom. The van der Waals surface area contributed by atoms with Crippen LogP contribution in [0.15, 0.2) is 23.8 Å². The van der Waals surface area contributed by atoms with E-state index >= 15 is 0 Å². The Kier molecular flexibility index (Phi) is 4.14. The Bertz CT molecular complexity index is 866. The summed E-state index contributed by atoms with van der Waals surface area (Å²) in [5.74, 6) is 1.37. The van der Waals surface area contributed by atoms with Gasteiger partial charge in [-0.3, -0.25) is 4.79 Å². The van der Waals surface area contributed by atoms with Gasteiger partial charge in [0.05, 0.1) is 7.11 Å². The molecule has 0 aliphatic heterocycles. The zero-order chi connectivity index (χ0) is 17.4. The fraction of sp³-hybridized carbons (Fsp3) is 0.300. The van der Waals surface area contributed by atoms with Crippen molar-refractivity contribution in [2.45, 2.75) is 34.1 Å². The molecule has 0 atom stereocenters. The Hall–Kier alpha value is -2.62. The average molecular weight is 322 g/mol. The lowest BCUT2D eigenvalue weighted by Gasteiger charge is -2.14. The number of hydrogen-bond acceptors (Lipinski definition) is 3. The number of nitrogens with zero attached hydrogens (tertiary/aromatic N) is 1. The Labute approximate surface area is 142 Å². The molecular formula is C20H22N2O2. The lowest BCUT2D eigenvalue weighted by atomic mass is 10.0. The van der Waals surface area contributed by atoms with E-state index in [4.69, 9.17) is 4.74 Å². The molecule has 0 saturated carbocycles. The maximum atomic E-state index is 12.6. The number of fused-ring (bicyclic) bond motifs is 1. The molecule has 0 bridgehead atoms. The number of pyridine rings is 1. The van der Waals surface area contributed by atoms with Gasteiger partial charge in [0, 0.05) is 17.7 Å². The van der Waals surface area contributed by atoms with Gasteiger partial charge >= 0.3 is 0 Å². The quantitative estimate of drug-likeness (QED) is 0.932. The molecule has 0 radical (unpaired) electrons. The number of hydrogen-bond donors (Lipinski definition) is 1. The topological polar surface area (TPSA) is 51.2 Å². The lowest BCUT2D eigenvalue weighted by Crippen LogP contribution is -2.17. The van der Waals surface area contributed by atoms with Crippen LogP contribution in [0.1, 0.15) is 33.5 Å². The summed E-state index contributed by atoms with van der Waals surface area (Å²) in [7, 11) is 1.65. The normalized spacial score (nSPS) is 12.6. The molecule has 0 saturated heterocycles. The van der Waals surface area contributed by atoms with E-state index in [2.05, 4.69) is 24.1 Å². The van der Waals surface area contributed by atoms with Crippen LogP contribution in [0.3, 0.4) is 0 Å². The first kappa shape index (κ1) is 16.2. The second kappa shape index (κ2) is 6.11. The Balaban J connectivity index is 1.83. The highest BCUT2D eigenvalue weighted by Gasteiger charge is 2.20. The molecule has 2 aromatic rings. The molecule has 0 unspecified atom stereocenters. The fourth-order valence-corrected chi connectivity index (χ4v) is 2.97. The number of anilines is 1. The molecule has 4 nitrogen and oxygen atoms in total. The van der Waals surface area contributed by atoms with Crippen molar-refractivity contribution in [3.63, 3.8) is 0 Å². The van der Waals surface area contributed by atoms with Crippen LogP contribution in [0.4, 0.5) is 5.82 Å². The van der Waals surface area contributed by atoms with Crippen LogP contribution in [0, 0.1) is 27.7 Å². The van der Waals surface area contributed by atoms with E-state index in [-0.39, 0.29) is 5.91 Å². The molecule has 1 aromatic heterocycles.